The summed E-state index contributed by atoms with van der Waals surface area (Å²) in [7, 11) is 3.43. The molecule has 2 aromatic heterocycles. The summed E-state index contributed by atoms with van der Waals surface area (Å²) in [5.74, 6) is 0.434. The highest BCUT2D eigenvalue weighted by Gasteiger charge is 2.16. The van der Waals surface area contributed by atoms with Gasteiger partial charge in [-0.15, -0.1) is 0 Å². The van der Waals surface area contributed by atoms with Gasteiger partial charge in [0.15, 0.2) is 17.1 Å². The maximum Gasteiger partial charge on any atom is 0.302 e. The van der Waals surface area contributed by atoms with Crippen LogP contribution in [0.2, 0.25) is 5.28 Å². The summed E-state index contributed by atoms with van der Waals surface area (Å²) < 4.78 is 3.99. The first kappa shape index (κ1) is 27.8. The summed E-state index contributed by atoms with van der Waals surface area (Å²) in [5.41, 5.74) is 11.2. The van der Waals surface area contributed by atoms with Gasteiger partial charge < -0.3 is 15.3 Å². The zero-order valence-electron chi connectivity index (χ0n) is 21.9. The molecular weight excluding hydrogens is 446 g/mol. The van der Waals surface area contributed by atoms with Crippen LogP contribution in [0.3, 0.4) is 0 Å². The van der Waals surface area contributed by atoms with Gasteiger partial charge in [-0.05, 0) is 84.7 Å². The number of halogens is 1. The molecule has 0 radical (unpaired) electrons. The highest BCUT2D eigenvalue weighted by Crippen LogP contribution is 2.26. The Labute approximate surface area is 210 Å². The van der Waals surface area contributed by atoms with Gasteiger partial charge in [-0.3, -0.25) is 4.57 Å². The van der Waals surface area contributed by atoms with Gasteiger partial charge >= 0.3 is 5.65 Å². The van der Waals surface area contributed by atoms with E-state index in [4.69, 9.17) is 16.4 Å². The minimum atomic E-state index is 0.153. The van der Waals surface area contributed by atoms with Crippen LogP contribution in [0.5, 0.6) is 0 Å². The molecule has 2 heterocycles. The molecule has 2 aromatic rings. The number of rotatable bonds is 13. The maximum atomic E-state index is 6.05. The molecule has 6 nitrogen and oxygen atoms in total. The number of aryl methyl sites for hydroxylation is 1. The third-order valence-corrected chi connectivity index (χ3v) is 5.89. The number of fused-ring (bicyclic) bond motifs is 1. The molecule has 0 aliphatic rings. The Morgan fingerprint density at radius 1 is 0.941 bits per heavy atom. The summed E-state index contributed by atoms with van der Waals surface area (Å²) in [6.07, 6.45) is 18.0. The number of aromatic nitrogens is 4. The number of hydrogen-bond donors (Lipinski definition) is 0. The molecule has 0 bridgehead atoms. The van der Waals surface area contributed by atoms with Crippen molar-refractivity contribution < 1.29 is 9.40 Å². The SMILES string of the molecule is CO[N-]c1nc(Cl)nc2c1n(C/C=C(\C)CC/C=C(\C)CC/C=C(\C)CCC=C(C)C)c[n+]2C. The molecule has 0 amide bonds. The van der Waals surface area contributed by atoms with Crippen LogP contribution in [0.25, 0.3) is 16.6 Å². The third-order valence-electron chi connectivity index (χ3n) is 5.72. The van der Waals surface area contributed by atoms with E-state index in [1.807, 2.05) is 17.9 Å². The van der Waals surface area contributed by atoms with Crippen LogP contribution in [-0.2, 0) is 18.4 Å². The summed E-state index contributed by atoms with van der Waals surface area (Å²) in [5, 5.41) is 0.153. The Hall–Kier alpha value is -2.44. The van der Waals surface area contributed by atoms with Crippen LogP contribution in [0.1, 0.15) is 73.1 Å². The Bertz CT molecular complexity index is 1070. The fourth-order valence-corrected chi connectivity index (χ4v) is 3.92. The van der Waals surface area contributed by atoms with Crippen LogP contribution in [0.4, 0.5) is 5.82 Å². The summed E-state index contributed by atoms with van der Waals surface area (Å²) in [6.45, 7) is 11.7. The number of imidazole rings is 1. The lowest BCUT2D eigenvalue weighted by Gasteiger charge is -2.12. The fourth-order valence-electron chi connectivity index (χ4n) is 3.76. The maximum absolute atomic E-state index is 6.05. The van der Waals surface area contributed by atoms with Crippen LogP contribution in [-0.4, -0.2) is 21.6 Å². The van der Waals surface area contributed by atoms with Crippen molar-refractivity contribution in [1.29, 1.82) is 0 Å². The van der Waals surface area contributed by atoms with E-state index in [9.17, 15) is 0 Å². The molecule has 2 rings (SSSR count). The average molecular weight is 486 g/mol. The molecule has 0 spiro atoms. The van der Waals surface area contributed by atoms with Crippen molar-refractivity contribution in [3.05, 3.63) is 63.7 Å². The van der Waals surface area contributed by atoms with E-state index in [0.717, 1.165) is 49.7 Å². The molecule has 0 aliphatic carbocycles. The van der Waals surface area contributed by atoms with E-state index in [0.29, 0.717) is 12.4 Å². The van der Waals surface area contributed by atoms with Crippen LogP contribution in [0, 0.1) is 0 Å². The molecule has 186 valence electrons. The second kappa shape index (κ2) is 14.1. The Kier molecular flexibility index (Phi) is 11.5. The highest BCUT2D eigenvalue weighted by molar-refractivity contribution is 6.28. The number of hydrogen-bond acceptors (Lipinski definition) is 3. The van der Waals surface area contributed by atoms with Crippen LogP contribution < -0.4 is 4.57 Å². The predicted molar refractivity (Wildman–Crippen MR) is 142 cm³/mol. The van der Waals surface area contributed by atoms with E-state index in [-0.39, 0.29) is 5.28 Å². The lowest BCUT2D eigenvalue weighted by Crippen LogP contribution is -2.26. The van der Waals surface area contributed by atoms with Crippen LogP contribution >= 0.6 is 11.6 Å². The van der Waals surface area contributed by atoms with Crippen LogP contribution in [0.15, 0.2) is 52.9 Å². The smallest absolute Gasteiger partial charge is 0.302 e. The van der Waals surface area contributed by atoms with Crippen molar-refractivity contribution in [2.24, 2.45) is 7.05 Å². The van der Waals surface area contributed by atoms with Crippen molar-refractivity contribution in [2.75, 3.05) is 7.11 Å². The molecule has 34 heavy (non-hydrogen) atoms. The normalized spacial score (nSPS) is 13.0. The minimum Gasteiger partial charge on any atom is -0.390 e. The van der Waals surface area contributed by atoms with E-state index in [1.165, 1.54) is 29.4 Å². The van der Waals surface area contributed by atoms with Crippen molar-refractivity contribution in [2.45, 2.75) is 79.7 Å². The Morgan fingerprint density at radius 3 is 2.06 bits per heavy atom. The number of nitrogens with zero attached hydrogens (tertiary/aromatic N) is 5. The summed E-state index contributed by atoms with van der Waals surface area (Å²) in [6, 6.07) is 0. The minimum absolute atomic E-state index is 0.153. The second-order valence-corrected chi connectivity index (χ2v) is 9.53. The average Bonchev–Trinajstić information content (AvgIpc) is 3.07. The van der Waals surface area contributed by atoms with Crippen molar-refractivity contribution in [3.63, 3.8) is 0 Å². The van der Waals surface area contributed by atoms with E-state index in [2.05, 4.69) is 78.9 Å². The lowest BCUT2D eigenvalue weighted by atomic mass is 10.0. The zero-order chi connectivity index (χ0) is 25.1. The first-order valence-corrected chi connectivity index (χ1v) is 12.4. The van der Waals surface area contributed by atoms with E-state index < -0.39 is 0 Å². The van der Waals surface area contributed by atoms with Gasteiger partial charge in [-0.1, -0.05) is 51.6 Å². The Morgan fingerprint density at radius 2 is 1.50 bits per heavy atom. The quantitative estimate of drug-likeness (QED) is 0.127. The molecule has 0 fully saturated rings. The predicted octanol–water partition coefficient (Wildman–Crippen LogP) is 7.62. The molecule has 0 atom stereocenters. The molecule has 0 unspecified atom stereocenters. The molecule has 0 aromatic carbocycles. The number of allylic oxidation sites excluding steroid dienone is 8. The highest BCUT2D eigenvalue weighted by atomic mass is 35.5. The van der Waals surface area contributed by atoms with E-state index in [1.54, 1.807) is 0 Å². The van der Waals surface area contributed by atoms with Crippen molar-refractivity contribution in [1.82, 2.24) is 14.5 Å². The second-order valence-electron chi connectivity index (χ2n) is 9.19. The monoisotopic (exact) mass is 485 g/mol. The van der Waals surface area contributed by atoms with Gasteiger partial charge in [0.25, 0.3) is 0 Å². The van der Waals surface area contributed by atoms with Gasteiger partial charge in [0.2, 0.25) is 0 Å². The molecular formula is C27H40ClN5O. The molecule has 0 N–H and O–H groups in total. The summed E-state index contributed by atoms with van der Waals surface area (Å²) >= 11 is 6.05. The Balaban J connectivity index is 1.89. The fraction of sp³-hybridized carbons (Fsp3) is 0.519. The zero-order valence-corrected chi connectivity index (χ0v) is 22.6. The molecule has 0 saturated carbocycles. The van der Waals surface area contributed by atoms with E-state index >= 15 is 0 Å². The molecule has 7 heteroatoms. The van der Waals surface area contributed by atoms with Gasteiger partial charge in [0.1, 0.15) is 0 Å². The first-order chi connectivity index (χ1) is 16.2. The first-order valence-electron chi connectivity index (χ1n) is 12.0. The molecule has 0 saturated heterocycles. The summed E-state index contributed by atoms with van der Waals surface area (Å²) in [4.78, 5) is 13.5. The van der Waals surface area contributed by atoms with Gasteiger partial charge in [-0.2, -0.15) is 0 Å². The van der Waals surface area contributed by atoms with Gasteiger partial charge in [-0.25, -0.2) is 4.57 Å². The molecule has 0 aliphatic heterocycles. The van der Waals surface area contributed by atoms with Gasteiger partial charge in [0, 0.05) is 12.9 Å². The van der Waals surface area contributed by atoms with Crippen molar-refractivity contribution in [3.8, 4) is 0 Å². The standard InChI is InChI=1S/C27H40ClN5O/c1-20(2)11-8-12-21(3)13-9-14-22(4)15-10-16-23(5)17-18-33-19-32(6)26-24(33)25(31-34-7)29-27(28)30-26/h11,13,15,17,19H,8-10,12,14,16,18H2,1-7H3/b21-13+,22-15+,23-17+. The third kappa shape index (κ3) is 9.07. The lowest BCUT2D eigenvalue weighted by molar-refractivity contribution is -0.647. The van der Waals surface area contributed by atoms with Gasteiger partial charge in [0.05, 0.1) is 13.6 Å². The van der Waals surface area contributed by atoms with Crippen molar-refractivity contribution >= 4 is 28.6 Å². The largest absolute Gasteiger partial charge is 0.390 e. The topological polar surface area (TPSA) is 57.9 Å².